The second-order valence-electron chi connectivity index (χ2n) is 4.24. The van der Waals surface area contributed by atoms with Gasteiger partial charge in [-0.05, 0) is 61.9 Å². The molecular weight excluding hydrogens is 268 g/mol. The molecule has 0 bridgehead atoms. The van der Waals surface area contributed by atoms with Crippen molar-refractivity contribution in [2.24, 2.45) is 0 Å². The highest BCUT2D eigenvalue weighted by Crippen LogP contribution is 2.25. The minimum Gasteiger partial charge on any atom is -0.319 e. The predicted octanol–water partition coefficient (Wildman–Crippen LogP) is 1.33. The van der Waals surface area contributed by atoms with E-state index < -0.39 is 0 Å². The number of hydrogen-bond acceptors (Lipinski definition) is 3. The van der Waals surface area contributed by atoms with Crippen molar-refractivity contribution in [2.75, 3.05) is 26.7 Å². The first-order chi connectivity index (χ1) is 7.83. The van der Waals surface area contributed by atoms with Crippen LogP contribution in [0.25, 0.3) is 0 Å². The van der Waals surface area contributed by atoms with Crippen LogP contribution in [0, 0.1) is 0 Å². The molecule has 1 aromatic heterocycles. The average Bonchev–Trinajstić information content (AvgIpc) is 2.69. The average molecular weight is 287 g/mol. The second-order valence-corrected chi connectivity index (χ2v) is 4.99. The highest BCUT2D eigenvalue weighted by Gasteiger charge is 2.19. The molecule has 0 aliphatic carbocycles. The van der Waals surface area contributed by atoms with Crippen LogP contribution in [0.2, 0.25) is 0 Å². The number of nitrogens with zero attached hydrogens (tertiary/aromatic N) is 2. The molecule has 1 aromatic rings. The number of rotatable bonds is 4. The van der Waals surface area contributed by atoms with E-state index in [4.69, 9.17) is 0 Å². The lowest BCUT2D eigenvalue weighted by Crippen LogP contribution is -2.30. The summed E-state index contributed by atoms with van der Waals surface area (Å²) in [7, 11) is 1.98. The van der Waals surface area contributed by atoms with Gasteiger partial charge in [0.2, 0.25) is 0 Å². The molecule has 0 aromatic carbocycles. The van der Waals surface area contributed by atoms with E-state index in [1.165, 1.54) is 18.4 Å². The maximum atomic E-state index is 4.51. The Hall–Kier alpha value is -0.390. The van der Waals surface area contributed by atoms with Gasteiger partial charge in [0.1, 0.15) is 4.60 Å². The molecule has 1 aliphatic rings. The van der Waals surface area contributed by atoms with Gasteiger partial charge in [0, 0.05) is 5.56 Å². The Morgan fingerprint density at radius 2 is 2.31 bits per heavy atom. The first-order valence-electron chi connectivity index (χ1n) is 5.90. The highest BCUT2D eigenvalue weighted by molar-refractivity contribution is 9.10. The van der Waals surface area contributed by atoms with Gasteiger partial charge in [0.15, 0.2) is 0 Å². The zero-order valence-electron chi connectivity index (χ0n) is 9.67. The van der Waals surface area contributed by atoms with Gasteiger partial charge < -0.3 is 10.6 Å². The van der Waals surface area contributed by atoms with Gasteiger partial charge in [-0.2, -0.15) is 5.10 Å². The lowest BCUT2D eigenvalue weighted by atomic mass is 10.1. The van der Waals surface area contributed by atoms with Crippen LogP contribution in [0.3, 0.4) is 0 Å². The summed E-state index contributed by atoms with van der Waals surface area (Å²) in [5.74, 6) is 0. The first-order valence-corrected chi connectivity index (χ1v) is 6.69. The van der Waals surface area contributed by atoms with Crippen LogP contribution < -0.4 is 10.6 Å². The van der Waals surface area contributed by atoms with Gasteiger partial charge in [-0.25, -0.2) is 0 Å². The summed E-state index contributed by atoms with van der Waals surface area (Å²) in [4.78, 5) is 0. The topological polar surface area (TPSA) is 41.9 Å². The Kier molecular flexibility index (Phi) is 4.37. The Labute approximate surface area is 105 Å². The zero-order chi connectivity index (χ0) is 11.4. The predicted molar refractivity (Wildman–Crippen MR) is 68.7 cm³/mol. The lowest BCUT2D eigenvalue weighted by molar-refractivity contribution is 0.338. The molecular formula is C11H19BrN4. The largest absolute Gasteiger partial charge is 0.319 e. The molecule has 0 atom stereocenters. The van der Waals surface area contributed by atoms with E-state index in [1.807, 2.05) is 13.2 Å². The molecule has 0 saturated carbocycles. The van der Waals surface area contributed by atoms with E-state index in [0.29, 0.717) is 6.04 Å². The molecule has 2 N–H and O–H groups in total. The molecule has 2 rings (SSSR count). The van der Waals surface area contributed by atoms with Gasteiger partial charge in [0.05, 0.1) is 12.2 Å². The zero-order valence-corrected chi connectivity index (χ0v) is 11.3. The van der Waals surface area contributed by atoms with E-state index in [9.17, 15) is 0 Å². The summed E-state index contributed by atoms with van der Waals surface area (Å²) >= 11 is 3.67. The van der Waals surface area contributed by atoms with Crippen LogP contribution >= 0.6 is 15.9 Å². The lowest BCUT2D eigenvalue weighted by Gasteiger charge is -2.23. The minimum absolute atomic E-state index is 0.555. The van der Waals surface area contributed by atoms with Gasteiger partial charge in [-0.1, -0.05) is 0 Å². The van der Waals surface area contributed by atoms with E-state index in [-0.39, 0.29) is 0 Å². The Morgan fingerprint density at radius 3 is 3.00 bits per heavy atom. The quantitative estimate of drug-likeness (QED) is 0.878. The third-order valence-corrected chi connectivity index (χ3v) is 3.98. The van der Waals surface area contributed by atoms with E-state index in [2.05, 4.69) is 36.3 Å². The summed E-state index contributed by atoms with van der Waals surface area (Å²) in [6.07, 6.45) is 5.36. The molecule has 0 radical (unpaired) electrons. The third-order valence-electron chi connectivity index (χ3n) is 3.10. The first kappa shape index (κ1) is 12.1. The Balaban J connectivity index is 2.06. The minimum atomic E-state index is 0.555. The van der Waals surface area contributed by atoms with Crippen LogP contribution in [-0.4, -0.2) is 36.5 Å². The van der Waals surface area contributed by atoms with Crippen LogP contribution in [0.4, 0.5) is 0 Å². The third kappa shape index (κ3) is 2.64. The Morgan fingerprint density at radius 1 is 1.56 bits per heavy atom. The molecule has 0 amide bonds. The van der Waals surface area contributed by atoms with Gasteiger partial charge >= 0.3 is 0 Å². The fourth-order valence-corrected chi connectivity index (χ4v) is 2.80. The van der Waals surface area contributed by atoms with Crippen LogP contribution in [0.15, 0.2) is 10.8 Å². The van der Waals surface area contributed by atoms with Crippen molar-refractivity contribution in [3.8, 4) is 0 Å². The van der Waals surface area contributed by atoms with Crippen molar-refractivity contribution in [2.45, 2.75) is 25.3 Å². The van der Waals surface area contributed by atoms with Crippen molar-refractivity contribution < 1.29 is 0 Å². The van der Waals surface area contributed by atoms with E-state index >= 15 is 0 Å². The van der Waals surface area contributed by atoms with E-state index in [1.54, 1.807) is 0 Å². The molecule has 5 heteroatoms. The maximum absolute atomic E-state index is 4.51. The Bertz CT molecular complexity index is 331. The van der Waals surface area contributed by atoms with Gasteiger partial charge in [0.25, 0.3) is 0 Å². The van der Waals surface area contributed by atoms with Gasteiger partial charge in [-0.15, -0.1) is 0 Å². The molecule has 1 fully saturated rings. The number of nitrogens with one attached hydrogen (secondary N) is 2. The number of aromatic nitrogens is 2. The molecule has 90 valence electrons. The second kappa shape index (κ2) is 5.80. The maximum Gasteiger partial charge on any atom is 0.107 e. The van der Waals surface area contributed by atoms with Crippen molar-refractivity contribution in [1.82, 2.24) is 20.4 Å². The smallest absolute Gasteiger partial charge is 0.107 e. The number of piperidine rings is 1. The monoisotopic (exact) mass is 286 g/mol. The molecule has 1 saturated heterocycles. The fourth-order valence-electron chi connectivity index (χ4n) is 2.12. The number of likely N-dealkylation sites (N-methyl/N-ethyl adjacent to an activating group) is 1. The summed E-state index contributed by atoms with van der Waals surface area (Å²) in [6.45, 7) is 3.20. The molecule has 1 aliphatic heterocycles. The SMILES string of the molecule is CNCCc1cnn(C2CCNCC2)c1Br. The van der Waals surface area contributed by atoms with Crippen LogP contribution in [0.5, 0.6) is 0 Å². The molecule has 0 unspecified atom stereocenters. The number of halogens is 1. The highest BCUT2D eigenvalue weighted by atomic mass is 79.9. The fraction of sp³-hybridized carbons (Fsp3) is 0.727. The van der Waals surface area contributed by atoms with Crippen LogP contribution in [0.1, 0.15) is 24.4 Å². The summed E-state index contributed by atoms with van der Waals surface area (Å²) in [5.41, 5.74) is 1.30. The van der Waals surface area contributed by atoms with E-state index in [0.717, 1.165) is 30.7 Å². The van der Waals surface area contributed by atoms with Crippen molar-refractivity contribution in [3.05, 3.63) is 16.4 Å². The normalized spacial score (nSPS) is 17.9. The van der Waals surface area contributed by atoms with Crippen LogP contribution in [-0.2, 0) is 6.42 Å². The molecule has 4 nitrogen and oxygen atoms in total. The summed E-state index contributed by atoms with van der Waals surface area (Å²) in [5, 5.41) is 11.0. The molecule has 0 spiro atoms. The summed E-state index contributed by atoms with van der Waals surface area (Å²) in [6, 6.07) is 0.555. The van der Waals surface area contributed by atoms with Crippen molar-refractivity contribution >= 4 is 15.9 Å². The number of hydrogen-bond donors (Lipinski definition) is 2. The van der Waals surface area contributed by atoms with Crippen molar-refractivity contribution in [3.63, 3.8) is 0 Å². The summed E-state index contributed by atoms with van der Waals surface area (Å²) < 4.78 is 3.31. The standard InChI is InChI=1S/C11H19BrN4/c1-13-5-2-9-8-15-16(11(9)12)10-3-6-14-7-4-10/h8,10,13-14H,2-7H2,1H3. The molecule has 16 heavy (non-hydrogen) atoms. The van der Waals surface area contributed by atoms with Crippen molar-refractivity contribution in [1.29, 1.82) is 0 Å². The van der Waals surface area contributed by atoms with Gasteiger partial charge in [-0.3, -0.25) is 4.68 Å². The molecule has 2 heterocycles.